The number of hydrogen-bond acceptors (Lipinski definition) is 0. The van der Waals surface area contributed by atoms with Crippen LogP contribution in [0.15, 0.2) is 115 Å². The van der Waals surface area contributed by atoms with E-state index in [0.717, 1.165) is 0 Å². The standard InChI is InChI=1S/C37H22/c1-21-6-2-10-24(16-21)27-15-14-23-9-5-13-30-33-19-25-17-31-28-11-3-7-22-8-4-12-29(35(22)28)32(31)18-26(25)20-34(33)37(27)36(23)30/h2-20H,1H3. The van der Waals surface area contributed by atoms with Crippen LogP contribution in [0.4, 0.5) is 0 Å². The van der Waals surface area contributed by atoms with Gasteiger partial charge in [0.2, 0.25) is 0 Å². The molecule has 9 aromatic carbocycles. The predicted molar refractivity (Wildman–Crippen MR) is 162 cm³/mol. The molecule has 0 radical (unpaired) electrons. The van der Waals surface area contributed by atoms with Crippen molar-refractivity contribution in [2.45, 2.75) is 6.92 Å². The van der Waals surface area contributed by atoms with E-state index in [4.69, 9.17) is 0 Å². The zero-order valence-corrected chi connectivity index (χ0v) is 20.5. The Morgan fingerprint density at radius 1 is 0.351 bits per heavy atom. The fourth-order valence-corrected chi connectivity index (χ4v) is 6.95. The van der Waals surface area contributed by atoms with Gasteiger partial charge in [-0.05, 0) is 118 Å². The Bertz CT molecular complexity index is 2350. The second kappa shape index (κ2) is 6.75. The number of fused-ring (bicyclic) bond motifs is 7. The summed E-state index contributed by atoms with van der Waals surface area (Å²) < 4.78 is 0. The fraction of sp³-hybridized carbons (Fsp3) is 0.0270. The molecule has 0 heteroatoms. The molecule has 0 aromatic heterocycles. The molecule has 0 fully saturated rings. The molecule has 0 atom stereocenters. The van der Waals surface area contributed by atoms with Gasteiger partial charge in [-0.25, -0.2) is 0 Å². The Labute approximate surface area is 214 Å². The van der Waals surface area contributed by atoms with E-state index in [1.54, 1.807) is 0 Å². The Morgan fingerprint density at radius 3 is 1.54 bits per heavy atom. The van der Waals surface area contributed by atoms with Gasteiger partial charge in [-0.3, -0.25) is 0 Å². The monoisotopic (exact) mass is 466 g/mol. The van der Waals surface area contributed by atoms with Crippen molar-refractivity contribution in [2.24, 2.45) is 0 Å². The van der Waals surface area contributed by atoms with Crippen LogP contribution in [-0.4, -0.2) is 0 Å². The third-order valence-electron chi connectivity index (χ3n) is 8.53. The molecule has 170 valence electrons. The molecular formula is C37H22. The van der Waals surface area contributed by atoms with Crippen molar-refractivity contribution >= 4 is 75.4 Å². The second-order valence-electron chi connectivity index (χ2n) is 10.6. The van der Waals surface area contributed by atoms with Gasteiger partial charge in [-0.1, -0.05) is 96.6 Å². The average Bonchev–Trinajstić information content (AvgIpc) is 3.42. The quantitative estimate of drug-likeness (QED) is 0.226. The highest BCUT2D eigenvalue weighted by atomic mass is 14.2. The SMILES string of the molecule is Cc1cccc(-c2ccc3cccc4c5cc6cc7c(cc6cc5c2c34)c2cccc3cccc7c32)c1. The zero-order valence-electron chi connectivity index (χ0n) is 20.5. The summed E-state index contributed by atoms with van der Waals surface area (Å²) in [6.07, 6.45) is 0. The minimum absolute atomic E-state index is 1.29. The maximum absolute atomic E-state index is 2.45. The van der Waals surface area contributed by atoms with Gasteiger partial charge in [0, 0.05) is 0 Å². The molecule has 0 aliphatic rings. The maximum Gasteiger partial charge on any atom is -0.00141 e. The van der Waals surface area contributed by atoms with Crippen molar-refractivity contribution in [2.75, 3.05) is 0 Å². The number of benzene rings is 7. The molecule has 0 nitrogen and oxygen atoms in total. The molecule has 0 unspecified atom stereocenters. The highest BCUT2D eigenvalue weighted by Gasteiger charge is 2.18. The van der Waals surface area contributed by atoms with E-state index in [0.29, 0.717) is 0 Å². The lowest BCUT2D eigenvalue weighted by molar-refractivity contribution is 1.47. The second-order valence-corrected chi connectivity index (χ2v) is 10.6. The minimum Gasteiger partial charge on any atom is -0.0614 e. The topological polar surface area (TPSA) is 0 Å². The third kappa shape index (κ3) is 2.47. The number of rotatable bonds is 1. The molecule has 0 heterocycles. The Kier molecular flexibility index (Phi) is 3.56. The molecule has 0 aliphatic heterocycles. The van der Waals surface area contributed by atoms with Crippen LogP contribution in [0.2, 0.25) is 0 Å². The Balaban J connectivity index is 1.48. The molecule has 0 saturated heterocycles. The summed E-state index contributed by atoms with van der Waals surface area (Å²) in [6, 6.07) is 43.4. The number of hydrogen-bond donors (Lipinski definition) is 0. The first-order valence-corrected chi connectivity index (χ1v) is 13.0. The van der Waals surface area contributed by atoms with Gasteiger partial charge in [0.1, 0.15) is 0 Å². The lowest BCUT2D eigenvalue weighted by atomic mass is 9.95. The summed E-state index contributed by atoms with van der Waals surface area (Å²) in [6.45, 7) is 2.18. The van der Waals surface area contributed by atoms with E-state index in [9.17, 15) is 0 Å². The Morgan fingerprint density at radius 2 is 0.892 bits per heavy atom. The first-order valence-electron chi connectivity index (χ1n) is 13.0. The van der Waals surface area contributed by atoms with E-state index in [1.807, 2.05) is 0 Å². The van der Waals surface area contributed by atoms with E-state index in [1.165, 1.54) is 92.1 Å². The summed E-state index contributed by atoms with van der Waals surface area (Å²) in [5, 5.41) is 18.9. The summed E-state index contributed by atoms with van der Waals surface area (Å²) >= 11 is 0. The molecule has 9 rings (SSSR count). The molecular weight excluding hydrogens is 444 g/mol. The summed E-state index contributed by atoms with van der Waals surface area (Å²) in [7, 11) is 0. The minimum atomic E-state index is 1.29. The van der Waals surface area contributed by atoms with Crippen molar-refractivity contribution in [3.63, 3.8) is 0 Å². The van der Waals surface area contributed by atoms with Crippen LogP contribution < -0.4 is 0 Å². The van der Waals surface area contributed by atoms with Gasteiger partial charge in [-0.2, -0.15) is 0 Å². The fourth-order valence-electron chi connectivity index (χ4n) is 6.95. The first kappa shape index (κ1) is 19.5. The molecule has 37 heavy (non-hydrogen) atoms. The summed E-state index contributed by atoms with van der Waals surface area (Å²) in [4.78, 5) is 0. The Hall–Kier alpha value is -4.68. The van der Waals surface area contributed by atoms with Gasteiger partial charge in [0.15, 0.2) is 0 Å². The highest BCUT2D eigenvalue weighted by Crippen LogP contribution is 2.46. The smallest absolute Gasteiger partial charge is 0.00141 e. The van der Waals surface area contributed by atoms with Crippen LogP contribution >= 0.6 is 0 Å². The number of aryl methyl sites for hydroxylation is 1. The predicted octanol–water partition coefficient (Wildman–Crippen LogP) is 10.6. The third-order valence-corrected chi connectivity index (χ3v) is 8.53. The van der Waals surface area contributed by atoms with Crippen LogP contribution in [0, 0.1) is 6.92 Å². The molecule has 0 amide bonds. The zero-order chi connectivity index (χ0) is 24.2. The van der Waals surface area contributed by atoms with Crippen LogP contribution in [0.1, 0.15) is 5.56 Å². The molecule has 0 saturated carbocycles. The molecule has 0 bridgehead atoms. The van der Waals surface area contributed by atoms with E-state index in [-0.39, 0.29) is 0 Å². The van der Waals surface area contributed by atoms with Crippen molar-refractivity contribution in [3.05, 3.63) is 121 Å². The van der Waals surface area contributed by atoms with Crippen molar-refractivity contribution < 1.29 is 0 Å². The van der Waals surface area contributed by atoms with Crippen molar-refractivity contribution in [1.82, 2.24) is 0 Å². The van der Waals surface area contributed by atoms with E-state index < -0.39 is 0 Å². The normalized spacial score (nSPS) is 12.5. The maximum atomic E-state index is 2.45. The average molecular weight is 467 g/mol. The first-order chi connectivity index (χ1) is 18.2. The van der Waals surface area contributed by atoms with Crippen molar-refractivity contribution in [3.8, 4) is 11.1 Å². The van der Waals surface area contributed by atoms with Crippen LogP contribution in [-0.2, 0) is 0 Å². The highest BCUT2D eigenvalue weighted by molar-refractivity contribution is 6.36. The van der Waals surface area contributed by atoms with Gasteiger partial charge in [0.05, 0.1) is 0 Å². The van der Waals surface area contributed by atoms with Crippen molar-refractivity contribution in [1.29, 1.82) is 0 Å². The lowest BCUT2D eigenvalue weighted by Crippen LogP contribution is -1.82. The van der Waals surface area contributed by atoms with Crippen LogP contribution in [0.5, 0.6) is 0 Å². The molecule has 0 N–H and O–H groups in total. The largest absolute Gasteiger partial charge is 0.0614 e. The molecule has 0 spiro atoms. The van der Waals surface area contributed by atoms with Gasteiger partial charge in [0.25, 0.3) is 0 Å². The summed E-state index contributed by atoms with van der Waals surface area (Å²) in [5.41, 5.74) is 3.90. The van der Waals surface area contributed by atoms with Gasteiger partial charge in [-0.15, -0.1) is 0 Å². The van der Waals surface area contributed by atoms with Gasteiger partial charge < -0.3 is 0 Å². The summed E-state index contributed by atoms with van der Waals surface area (Å²) in [5.74, 6) is 0. The molecule has 9 aromatic rings. The lowest BCUT2D eigenvalue weighted by Gasteiger charge is -2.08. The molecule has 0 aliphatic carbocycles. The van der Waals surface area contributed by atoms with Gasteiger partial charge >= 0.3 is 0 Å². The van der Waals surface area contributed by atoms with Crippen LogP contribution in [0.25, 0.3) is 86.5 Å². The van der Waals surface area contributed by atoms with E-state index >= 15 is 0 Å². The van der Waals surface area contributed by atoms with Crippen LogP contribution in [0.3, 0.4) is 0 Å². The van der Waals surface area contributed by atoms with E-state index in [2.05, 4.69) is 122 Å².